The van der Waals surface area contributed by atoms with Crippen LogP contribution in [0.2, 0.25) is 0 Å². The third-order valence-corrected chi connectivity index (χ3v) is 3.09. The smallest absolute Gasteiger partial charge is 0.262 e. The average molecular weight is 270 g/mol. The number of nitrogens with two attached hydrogens (primary N) is 1. The standard InChI is InChI=1S/C16H18N2O2/c1-3-18(13-7-5-4-6-8-13)16(19)14-10-9-12(17)11-15(14)20-2/h4-11H,3,17H2,1-2H3. The van der Waals surface area contributed by atoms with Gasteiger partial charge in [-0.3, -0.25) is 4.79 Å². The first-order valence-electron chi connectivity index (χ1n) is 6.47. The number of carbonyl (C=O) groups excluding carboxylic acids is 1. The second kappa shape index (κ2) is 6.10. The van der Waals surface area contributed by atoms with Crippen LogP contribution in [-0.2, 0) is 0 Å². The van der Waals surface area contributed by atoms with Crippen molar-refractivity contribution in [2.24, 2.45) is 0 Å². The molecule has 2 aromatic carbocycles. The molecule has 0 aromatic heterocycles. The number of para-hydroxylation sites is 1. The summed E-state index contributed by atoms with van der Waals surface area (Å²) < 4.78 is 5.25. The Morgan fingerprint density at radius 2 is 1.90 bits per heavy atom. The molecular formula is C16H18N2O2. The Labute approximate surface area is 118 Å². The van der Waals surface area contributed by atoms with Crippen molar-refractivity contribution in [3.8, 4) is 5.75 Å². The Bertz CT molecular complexity index is 597. The van der Waals surface area contributed by atoms with Crippen LogP contribution in [0.1, 0.15) is 17.3 Å². The molecule has 0 aliphatic carbocycles. The minimum Gasteiger partial charge on any atom is -0.496 e. The molecular weight excluding hydrogens is 252 g/mol. The molecule has 0 spiro atoms. The highest BCUT2D eigenvalue weighted by molar-refractivity contribution is 6.08. The highest BCUT2D eigenvalue weighted by Crippen LogP contribution is 2.25. The van der Waals surface area contributed by atoms with Crippen LogP contribution in [0, 0.1) is 0 Å². The lowest BCUT2D eigenvalue weighted by Gasteiger charge is -2.22. The zero-order valence-electron chi connectivity index (χ0n) is 11.7. The van der Waals surface area contributed by atoms with E-state index in [4.69, 9.17) is 10.5 Å². The van der Waals surface area contributed by atoms with Crippen LogP contribution in [0.25, 0.3) is 0 Å². The molecule has 0 radical (unpaired) electrons. The fraction of sp³-hybridized carbons (Fsp3) is 0.188. The average Bonchev–Trinajstić information content (AvgIpc) is 2.48. The summed E-state index contributed by atoms with van der Waals surface area (Å²) >= 11 is 0. The van der Waals surface area contributed by atoms with Gasteiger partial charge in [-0.05, 0) is 31.2 Å². The number of nitrogens with zero attached hydrogens (tertiary/aromatic N) is 1. The summed E-state index contributed by atoms with van der Waals surface area (Å²) in [6.45, 7) is 2.52. The SMILES string of the molecule is CCN(C(=O)c1ccc(N)cc1OC)c1ccccc1. The number of benzene rings is 2. The second-order valence-electron chi connectivity index (χ2n) is 4.34. The van der Waals surface area contributed by atoms with Gasteiger partial charge in [-0.15, -0.1) is 0 Å². The van der Waals surface area contributed by atoms with Gasteiger partial charge in [-0.25, -0.2) is 0 Å². The van der Waals surface area contributed by atoms with E-state index < -0.39 is 0 Å². The van der Waals surface area contributed by atoms with E-state index in [-0.39, 0.29) is 5.91 Å². The number of carbonyl (C=O) groups is 1. The number of hydrogen-bond acceptors (Lipinski definition) is 3. The molecule has 2 N–H and O–H groups in total. The summed E-state index contributed by atoms with van der Waals surface area (Å²) in [6.07, 6.45) is 0. The van der Waals surface area contributed by atoms with Crippen LogP contribution in [0.4, 0.5) is 11.4 Å². The van der Waals surface area contributed by atoms with E-state index in [2.05, 4.69) is 0 Å². The number of ether oxygens (including phenoxy) is 1. The lowest BCUT2D eigenvalue weighted by atomic mass is 10.1. The van der Waals surface area contributed by atoms with Gasteiger partial charge in [0.25, 0.3) is 5.91 Å². The minimum absolute atomic E-state index is 0.101. The Kier molecular flexibility index (Phi) is 4.25. The first-order valence-corrected chi connectivity index (χ1v) is 6.47. The van der Waals surface area contributed by atoms with Crippen molar-refractivity contribution < 1.29 is 9.53 Å². The molecule has 104 valence electrons. The van der Waals surface area contributed by atoms with Crippen molar-refractivity contribution in [3.63, 3.8) is 0 Å². The molecule has 2 aromatic rings. The summed E-state index contributed by atoms with van der Waals surface area (Å²) in [7, 11) is 1.53. The van der Waals surface area contributed by atoms with Crippen LogP contribution in [0.15, 0.2) is 48.5 Å². The predicted octanol–water partition coefficient (Wildman–Crippen LogP) is 2.94. The van der Waals surface area contributed by atoms with Gasteiger partial charge in [0.05, 0.1) is 12.7 Å². The maximum Gasteiger partial charge on any atom is 0.262 e. The first-order chi connectivity index (χ1) is 9.67. The Morgan fingerprint density at radius 3 is 2.50 bits per heavy atom. The van der Waals surface area contributed by atoms with E-state index in [0.29, 0.717) is 23.5 Å². The summed E-state index contributed by atoms with van der Waals surface area (Å²) in [5.41, 5.74) is 7.66. The van der Waals surface area contributed by atoms with Crippen LogP contribution >= 0.6 is 0 Å². The molecule has 0 aliphatic heterocycles. The molecule has 0 saturated heterocycles. The van der Waals surface area contributed by atoms with Gasteiger partial charge in [-0.2, -0.15) is 0 Å². The normalized spacial score (nSPS) is 10.1. The highest BCUT2D eigenvalue weighted by atomic mass is 16.5. The van der Waals surface area contributed by atoms with Gasteiger partial charge in [0.1, 0.15) is 5.75 Å². The number of rotatable bonds is 4. The Morgan fingerprint density at radius 1 is 1.20 bits per heavy atom. The number of methoxy groups -OCH3 is 1. The van der Waals surface area contributed by atoms with Crippen LogP contribution < -0.4 is 15.4 Å². The van der Waals surface area contributed by atoms with Crippen molar-refractivity contribution in [1.29, 1.82) is 0 Å². The second-order valence-corrected chi connectivity index (χ2v) is 4.34. The molecule has 0 saturated carbocycles. The van der Waals surface area contributed by atoms with Crippen molar-refractivity contribution in [2.45, 2.75) is 6.92 Å². The number of amides is 1. The van der Waals surface area contributed by atoms with Gasteiger partial charge in [-0.1, -0.05) is 18.2 Å². The van der Waals surface area contributed by atoms with Gasteiger partial charge in [0.15, 0.2) is 0 Å². The maximum absolute atomic E-state index is 12.7. The lowest BCUT2D eigenvalue weighted by molar-refractivity contribution is 0.0985. The molecule has 0 bridgehead atoms. The van der Waals surface area contributed by atoms with E-state index in [1.54, 1.807) is 23.1 Å². The summed E-state index contributed by atoms with van der Waals surface area (Å²) in [5.74, 6) is 0.389. The van der Waals surface area contributed by atoms with E-state index in [1.165, 1.54) is 7.11 Å². The number of hydrogen-bond donors (Lipinski definition) is 1. The molecule has 20 heavy (non-hydrogen) atoms. The third kappa shape index (κ3) is 2.74. The quantitative estimate of drug-likeness (QED) is 0.869. The maximum atomic E-state index is 12.7. The van der Waals surface area contributed by atoms with Gasteiger partial charge >= 0.3 is 0 Å². The number of nitrogen functional groups attached to an aromatic ring is 1. The zero-order chi connectivity index (χ0) is 14.5. The number of anilines is 2. The van der Waals surface area contributed by atoms with Crippen molar-refractivity contribution in [3.05, 3.63) is 54.1 Å². The highest BCUT2D eigenvalue weighted by Gasteiger charge is 2.19. The molecule has 1 amide bonds. The largest absolute Gasteiger partial charge is 0.496 e. The van der Waals surface area contributed by atoms with Crippen molar-refractivity contribution in [2.75, 3.05) is 24.3 Å². The molecule has 2 rings (SSSR count). The lowest BCUT2D eigenvalue weighted by Crippen LogP contribution is -2.30. The molecule has 0 aliphatic rings. The van der Waals surface area contributed by atoms with Gasteiger partial charge in [0, 0.05) is 24.0 Å². The fourth-order valence-corrected chi connectivity index (χ4v) is 2.08. The third-order valence-electron chi connectivity index (χ3n) is 3.09. The molecule has 0 fully saturated rings. The van der Waals surface area contributed by atoms with Crippen LogP contribution in [-0.4, -0.2) is 19.6 Å². The first kappa shape index (κ1) is 13.9. The fourth-order valence-electron chi connectivity index (χ4n) is 2.08. The van der Waals surface area contributed by atoms with Crippen LogP contribution in [0.3, 0.4) is 0 Å². The van der Waals surface area contributed by atoms with Crippen molar-refractivity contribution >= 4 is 17.3 Å². The van der Waals surface area contributed by atoms with Crippen molar-refractivity contribution in [1.82, 2.24) is 0 Å². The van der Waals surface area contributed by atoms with Gasteiger partial charge in [0.2, 0.25) is 0 Å². The predicted molar refractivity (Wildman–Crippen MR) is 81.2 cm³/mol. The monoisotopic (exact) mass is 270 g/mol. The van der Waals surface area contributed by atoms with E-state index in [1.807, 2.05) is 37.3 Å². The molecule has 0 atom stereocenters. The molecule has 0 unspecified atom stereocenters. The van der Waals surface area contributed by atoms with E-state index in [9.17, 15) is 4.79 Å². The Hall–Kier alpha value is -2.49. The topological polar surface area (TPSA) is 55.6 Å². The van der Waals surface area contributed by atoms with Crippen LogP contribution in [0.5, 0.6) is 5.75 Å². The summed E-state index contributed by atoms with van der Waals surface area (Å²) in [6, 6.07) is 14.6. The van der Waals surface area contributed by atoms with Gasteiger partial charge < -0.3 is 15.4 Å². The van der Waals surface area contributed by atoms with E-state index in [0.717, 1.165) is 5.69 Å². The molecule has 0 heterocycles. The minimum atomic E-state index is -0.101. The molecule has 4 heteroatoms. The Balaban J connectivity index is 2.39. The summed E-state index contributed by atoms with van der Waals surface area (Å²) in [4.78, 5) is 14.4. The summed E-state index contributed by atoms with van der Waals surface area (Å²) in [5, 5.41) is 0. The zero-order valence-corrected chi connectivity index (χ0v) is 11.7. The van der Waals surface area contributed by atoms with E-state index >= 15 is 0 Å². The molecule has 4 nitrogen and oxygen atoms in total.